The molecule has 0 saturated heterocycles. The highest BCUT2D eigenvalue weighted by molar-refractivity contribution is 6.30. The van der Waals surface area contributed by atoms with Crippen LogP contribution in [0.15, 0.2) is 23.8 Å². The maximum absolute atomic E-state index is 13.3. The van der Waals surface area contributed by atoms with Crippen molar-refractivity contribution in [3.63, 3.8) is 0 Å². The largest absolute Gasteiger partial charge is 0.300 e. The highest BCUT2D eigenvalue weighted by Gasteiger charge is 2.01. The molecule has 0 unspecified atom stereocenters. The second-order valence-corrected chi connectivity index (χ2v) is 3.97. The third-order valence-corrected chi connectivity index (χ3v) is 2.13. The Balaban J connectivity index is 2.92. The molecule has 15 heavy (non-hydrogen) atoms. The molecule has 0 aromatic heterocycles. The van der Waals surface area contributed by atoms with Crippen molar-refractivity contribution >= 4 is 23.5 Å². The molecule has 1 nitrogen and oxygen atoms in total. The zero-order valence-electron chi connectivity index (χ0n) is 8.68. The molecule has 0 aliphatic rings. The quantitative estimate of drug-likeness (QED) is 0.765. The highest BCUT2D eigenvalue weighted by atomic mass is 35.5. The van der Waals surface area contributed by atoms with Crippen LogP contribution in [-0.2, 0) is 4.79 Å². The van der Waals surface area contributed by atoms with E-state index in [1.165, 1.54) is 13.0 Å². The summed E-state index contributed by atoms with van der Waals surface area (Å²) in [6.07, 6.45) is 2.01. The summed E-state index contributed by atoms with van der Waals surface area (Å²) in [5.74, 6) is -0.302. The molecule has 1 rings (SSSR count). The number of halogens is 2. The van der Waals surface area contributed by atoms with Gasteiger partial charge in [-0.3, -0.25) is 4.79 Å². The van der Waals surface area contributed by atoms with Crippen LogP contribution in [0.25, 0.3) is 6.08 Å². The third-order valence-electron chi connectivity index (χ3n) is 1.89. The molecule has 80 valence electrons. The maximum Gasteiger partial charge on any atom is 0.133 e. The molecular weight excluding hydrogens is 215 g/mol. The number of Topliss-reactive ketones (excluding diaryl/α,β-unsaturated/α-hetero) is 1. The average Bonchev–Trinajstić information content (AvgIpc) is 2.08. The van der Waals surface area contributed by atoms with Crippen molar-refractivity contribution in [1.29, 1.82) is 0 Å². The summed E-state index contributed by atoms with van der Waals surface area (Å²) >= 11 is 5.62. The molecule has 0 N–H and O–H groups in total. The van der Waals surface area contributed by atoms with Crippen molar-refractivity contribution in [2.75, 3.05) is 0 Å². The first kappa shape index (κ1) is 11.9. The molecule has 0 spiro atoms. The molecule has 0 bridgehead atoms. The highest BCUT2D eigenvalue weighted by Crippen LogP contribution is 2.18. The van der Waals surface area contributed by atoms with E-state index < -0.39 is 0 Å². The topological polar surface area (TPSA) is 17.1 Å². The minimum absolute atomic E-state index is 0.0677. The molecule has 1 aromatic rings. The van der Waals surface area contributed by atoms with Gasteiger partial charge in [0.2, 0.25) is 0 Å². The van der Waals surface area contributed by atoms with Gasteiger partial charge < -0.3 is 0 Å². The third kappa shape index (κ3) is 3.84. The van der Waals surface area contributed by atoms with Crippen LogP contribution in [-0.4, -0.2) is 5.78 Å². The lowest BCUT2D eigenvalue weighted by Gasteiger charge is -2.00. The Morgan fingerprint density at radius 3 is 2.67 bits per heavy atom. The van der Waals surface area contributed by atoms with E-state index in [1.54, 1.807) is 25.1 Å². The molecule has 0 aliphatic carbocycles. The van der Waals surface area contributed by atoms with Gasteiger partial charge in [0.05, 0.1) is 0 Å². The van der Waals surface area contributed by atoms with Crippen molar-refractivity contribution < 1.29 is 9.18 Å². The monoisotopic (exact) mass is 226 g/mol. The van der Waals surface area contributed by atoms with Crippen LogP contribution in [0, 0.1) is 5.82 Å². The lowest BCUT2D eigenvalue weighted by Crippen LogP contribution is -1.91. The molecule has 3 heteroatoms. The minimum atomic E-state index is -0.370. The normalized spacial score (nSPS) is 11.6. The molecule has 0 saturated carbocycles. The fourth-order valence-corrected chi connectivity index (χ4v) is 1.49. The Hall–Kier alpha value is -1.15. The Bertz CT molecular complexity index is 410. The zero-order chi connectivity index (χ0) is 11.4. The molecule has 1 aromatic carbocycles. The van der Waals surface area contributed by atoms with Gasteiger partial charge in [-0.2, -0.15) is 0 Å². The van der Waals surface area contributed by atoms with Gasteiger partial charge in [-0.25, -0.2) is 4.39 Å². The molecule has 0 fully saturated rings. The van der Waals surface area contributed by atoms with Gasteiger partial charge in [0.15, 0.2) is 0 Å². The van der Waals surface area contributed by atoms with Crippen molar-refractivity contribution in [2.24, 2.45) is 0 Å². The SMILES string of the molecule is CC(=O)C/C(C)=C\c1ccc(Cl)cc1F. The summed E-state index contributed by atoms with van der Waals surface area (Å²) in [7, 11) is 0. The predicted molar refractivity (Wildman–Crippen MR) is 60.4 cm³/mol. The summed E-state index contributed by atoms with van der Waals surface area (Å²) in [5, 5.41) is 0.369. The lowest BCUT2D eigenvalue weighted by atomic mass is 10.1. The van der Waals surface area contributed by atoms with Crippen LogP contribution in [0.2, 0.25) is 5.02 Å². The Kier molecular flexibility index (Phi) is 4.04. The predicted octanol–water partition coefficient (Wildman–Crippen LogP) is 3.86. The summed E-state index contributed by atoms with van der Waals surface area (Å²) in [6.45, 7) is 3.31. The van der Waals surface area contributed by atoms with E-state index in [2.05, 4.69) is 0 Å². The van der Waals surface area contributed by atoms with E-state index in [0.717, 1.165) is 5.57 Å². The number of ketones is 1. The molecular formula is C12H12ClFO. The van der Waals surface area contributed by atoms with Gasteiger partial charge in [0.1, 0.15) is 11.6 Å². The molecule has 0 amide bonds. The smallest absolute Gasteiger partial charge is 0.133 e. The number of hydrogen-bond acceptors (Lipinski definition) is 1. The number of allylic oxidation sites excluding steroid dienone is 1. The second-order valence-electron chi connectivity index (χ2n) is 3.54. The Morgan fingerprint density at radius 1 is 1.47 bits per heavy atom. The zero-order valence-corrected chi connectivity index (χ0v) is 9.44. The van der Waals surface area contributed by atoms with Crippen molar-refractivity contribution in [3.8, 4) is 0 Å². The first-order chi connectivity index (χ1) is 6.99. The van der Waals surface area contributed by atoms with E-state index in [-0.39, 0.29) is 11.6 Å². The minimum Gasteiger partial charge on any atom is -0.300 e. The number of rotatable bonds is 3. The van der Waals surface area contributed by atoms with Gasteiger partial charge >= 0.3 is 0 Å². The van der Waals surface area contributed by atoms with Crippen molar-refractivity contribution in [2.45, 2.75) is 20.3 Å². The summed E-state index contributed by atoms with van der Waals surface area (Å²) in [4.78, 5) is 10.8. The first-order valence-corrected chi connectivity index (χ1v) is 4.98. The standard InChI is InChI=1S/C12H12ClFO/c1-8(5-9(2)15)6-10-3-4-11(13)7-12(10)14/h3-4,6-7H,5H2,1-2H3/b8-6-. The van der Waals surface area contributed by atoms with E-state index in [1.807, 2.05) is 0 Å². The molecule has 0 radical (unpaired) electrons. The van der Waals surface area contributed by atoms with Crippen LogP contribution >= 0.6 is 11.6 Å². The summed E-state index contributed by atoms with van der Waals surface area (Å²) < 4.78 is 13.3. The van der Waals surface area contributed by atoms with E-state index in [9.17, 15) is 9.18 Å². The van der Waals surface area contributed by atoms with E-state index >= 15 is 0 Å². The van der Waals surface area contributed by atoms with Crippen LogP contribution in [0.5, 0.6) is 0 Å². The fraction of sp³-hybridized carbons (Fsp3) is 0.250. The summed E-state index contributed by atoms with van der Waals surface area (Å²) in [5.41, 5.74) is 1.29. The van der Waals surface area contributed by atoms with Gasteiger partial charge in [-0.1, -0.05) is 29.3 Å². The molecule has 0 heterocycles. The van der Waals surface area contributed by atoms with Crippen LogP contribution in [0.1, 0.15) is 25.8 Å². The Labute approximate surface area is 93.6 Å². The van der Waals surface area contributed by atoms with Crippen LogP contribution in [0.3, 0.4) is 0 Å². The van der Waals surface area contributed by atoms with Crippen LogP contribution < -0.4 is 0 Å². The fourth-order valence-electron chi connectivity index (χ4n) is 1.33. The number of hydrogen-bond donors (Lipinski definition) is 0. The van der Waals surface area contributed by atoms with E-state index in [4.69, 9.17) is 11.6 Å². The van der Waals surface area contributed by atoms with Crippen molar-refractivity contribution in [3.05, 3.63) is 40.2 Å². The van der Waals surface area contributed by atoms with Crippen molar-refractivity contribution in [1.82, 2.24) is 0 Å². The first-order valence-electron chi connectivity index (χ1n) is 4.60. The molecule has 0 aliphatic heterocycles. The lowest BCUT2D eigenvalue weighted by molar-refractivity contribution is -0.116. The second kappa shape index (κ2) is 5.08. The van der Waals surface area contributed by atoms with E-state index in [0.29, 0.717) is 17.0 Å². The Morgan fingerprint density at radius 2 is 2.13 bits per heavy atom. The molecule has 0 atom stereocenters. The summed E-state index contributed by atoms with van der Waals surface area (Å²) in [6, 6.07) is 4.48. The maximum atomic E-state index is 13.3. The van der Waals surface area contributed by atoms with Gasteiger partial charge in [0, 0.05) is 17.0 Å². The average molecular weight is 227 g/mol. The van der Waals surface area contributed by atoms with Gasteiger partial charge in [-0.15, -0.1) is 0 Å². The number of carbonyl (C=O) groups excluding carboxylic acids is 1. The van der Waals surface area contributed by atoms with Gasteiger partial charge in [-0.05, 0) is 26.0 Å². The number of carbonyl (C=O) groups is 1. The van der Waals surface area contributed by atoms with Crippen LogP contribution in [0.4, 0.5) is 4.39 Å². The number of benzene rings is 1. The van der Waals surface area contributed by atoms with Gasteiger partial charge in [0.25, 0.3) is 0 Å².